The largest absolute Gasteiger partial charge is 0.508 e. The lowest BCUT2D eigenvalue weighted by atomic mass is 9.99. The molecule has 1 atom stereocenters. The van der Waals surface area contributed by atoms with E-state index in [-0.39, 0.29) is 11.8 Å². The summed E-state index contributed by atoms with van der Waals surface area (Å²) < 4.78 is 0. The Morgan fingerprint density at radius 3 is 2.11 bits per heavy atom. The summed E-state index contributed by atoms with van der Waals surface area (Å²) in [6.07, 6.45) is 0. The Kier molecular flexibility index (Phi) is 4.10. The molecule has 0 bridgehead atoms. The molecule has 0 aliphatic rings. The molecule has 0 aliphatic carbocycles. The van der Waals surface area contributed by atoms with Crippen molar-refractivity contribution in [3.05, 3.63) is 59.7 Å². The molecule has 2 N–H and O–H groups in total. The van der Waals surface area contributed by atoms with E-state index in [1.807, 2.05) is 12.1 Å². The van der Waals surface area contributed by atoms with Crippen LogP contribution in [0, 0.1) is 0 Å². The lowest BCUT2D eigenvalue weighted by molar-refractivity contribution is 0.475. The van der Waals surface area contributed by atoms with Crippen LogP contribution in [0.4, 0.5) is 5.69 Å². The highest BCUT2D eigenvalue weighted by atomic mass is 16.3. The Bertz CT molecular complexity index is 531. The second-order valence-corrected chi connectivity index (χ2v) is 5.24. The molecule has 0 radical (unpaired) electrons. The van der Waals surface area contributed by atoms with Crippen molar-refractivity contribution >= 4 is 5.69 Å². The number of hydrogen-bond donors (Lipinski definition) is 2. The van der Waals surface area contributed by atoms with E-state index in [4.69, 9.17) is 0 Å². The zero-order valence-corrected chi connectivity index (χ0v) is 11.7. The standard InChI is InChI=1S/C17H21NO/c1-12(2)14-7-9-15(10-8-14)13(3)18-16-5-4-6-17(19)11-16/h4-13,18-19H,1-3H3. The van der Waals surface area contributed by atoms with E-state index >= 15 is 0 Å². The topological polar surface area (TPSA) is 32.3 Å². The zero-order valence-electron chi connectivity index (χ0n) is 11.7. The van der Waals surface area contributed by atoms with E-state index in [1.165, 1.54) is 11.1 Å². The number of aromatic hydroxyl groups is 1. The van der Waals surface area contributed by atoms with Gasteiger partial charge in [0.15, 0.2) is 0 Å². The molecule has 2 heteroatoms. The van der Waals surface area contributed by atoms with Crippen molar-refractivity contribution in [2.75, 3.05) is 5.32 Å². The Morgan fingerprint density at radius 2 is 1.53 bits per heavy atom. The maximum Gasteiger partial charge on any atom is 0.117 e. The fraction of sp³-hybridized carbons (Fsp3) is 0.294. The molecule has 0 heterocycles. The maximum atomic E-state index is 9.45. The SMILES string of the molecule is CC(C)c1ccc(C(C)Nc2cccc(O)c2)cc1. The van der Waals surface area contributed by atoms with Gasteiger partial charge in [0.1, 0.15) is 5.75 Å². The fourth-order valence-corrected chi connectivity index (χ4v) is 2.10. The summed E-state index contributed by atoms with van der Waals surface area (Å²) in [7, 11) is 0. The molecule has 2 nitrogen and oxygen atoms in total. The molecule has 0 saturated heterocycles. The van der Waals surface area contributed by atoms with Crippen LogP contribution in [0.5, 0.6) is 5.75 Å². The minimum absolute atomic E-state index is 0.211. The zero-order chi connectivity index (χ0) is 13.8. The number of phenols is 1. The molecular weight excluding hydrogens is 234 g/mol. The summed E-state index contributed by atoms with van der Waals surface area (Å²) in [5, 5.41) is 12.8. The van der Waals surface area contributed by atoms with Crippen molar-refractivity contribution in [1.82, 2.24) is 0 Å². The molecule has 19 heavy (non-hydrogen) atoms. The first kappa shape index (κ1) is 13.5. The van der Waals surface area contributed by atoms with Crippen LogP contribution >= 0.6 is 0 Å². The number of phenolic OH excluding ortho intramolecular Hbond substituents is 1. The highest BCUT2D eigenvalue weighted by Crippen LogP contribution is 2.23. The second kappa shape index (κ2) is 5.79. The van der Waals surface area contributed by atoms with Gasteiger partial charge < -0.3 is 10.4 Å². The number of anilines is 1. The summed E-state index contributed by atoms with van der Waals surface area (Å²) in [6.45, 7) is 6.52. The van der Waals surface area contributed by atoms with Crippen molar-refractivity contribution in [3.8, 4) is 5.75 Å². The van der Waals surface area contributed by atoms with Gasteiger partial charge in [-0.2, -0.15) is 0 Å². The molecule has 2 rings (SSSR count). The Morgan fingerprint density at radius 1 is 0.895 bits per heavy atom. The molecule has 100 valence electrons. The predicted octanol–water partition coefficient (Wildman–Crippen LogP) is 4.69. The maximum absolute atomic E-state index is 9.45. The van der Waals surface area contributed by atoms with Gasteiger partial charge in [-0.3, -0.25) is 0 Å². The minimum Gasteiger partial charge on any atom is -0.508 e. The third-order valence-corrected chi connectivity index (χ3v) is 3.33. The molecule has 0 aliphatic heterocycles. The molecule has 2 aromatic carbocycles. The van der Waals surface area contributed by atoms with Gasteiger partial charge in [-0.05, 0) is 36.1 Å². The smallest absolute Gasteiger partial charge is 0.117 e. The van der Waals surface area contributed by atoms with E-state index in [2.05, 4.69) is 50.4 Å². The quantitative estimate of drug-likeness (QED) is 0.830. The van der Waals surface area contributed by atoms with Gasteiger partial charge in [-0.1, -0.05) is 44.2 Å². The van der Waals surface area contributed by atoms with Gasteiger partial charge in [0.05, 0.1) is 0 Å². The van der Waals surface area contributed by atoms with Crippen LogP contribution in [-0.4, -0.2) is 5.11 Å². The van der Waals surface area contributed by atoms with E-state index in [0.717, 1.165) is 5.69 Å². The Labute approximate surface area is 115 Å². The van der Waals surface area contributed by atoms with Crippen molar-refractivity contribution in [2.45, 2.75) is 32.7 Å². The average Bonchev–Trinajstić information content (AvgIpc) is 2.39. The second-order valence-electron chi connectivity index (χ2n) is 5.24. The molecule has 0 aromatic heterocycles. The van der Waals surface area contributed by atoms with Gasteiger partial charge in [0, 0.05) is 17.8 Å². The van der Waals surface area contributed by atoms with E-state index < -0.39 is 0 Å². The van der Waals surface area contributed by atoms with Crippen LogP contribution in [0.3, 0.4) is 0 Å². The summed E-state index contributed by atoms with van der Waals surface area (Å²) in [5.41, 5.74) is 3.53. The van der Waals surface area contributed by atoms with Gasteiger partial charge in [-0.15, -0.1) is 0 Å². The molecule has 2 aromatic rings. The molecule has 0 saturated carbocycles. The molecule has 0 fully saturated rings. The molecular formula is C17H21NO. The Balaban J connectivity index is 2.09. The lowest BCUT2D eigenvalue weighted by Gasteiger charge is -2.17. The van der Waals surface area contributed by atoms with Crippen molar-refractivity contribution in [3.63, 3.8) is 0 Å². The van der Waals surface area contributed by atoms with E-state index in [1.54, 1.807) is 12.1 Å². The van der Waals surface area contributed by atoms with Crippen molar-refractivity contribution < 1.29 is 5.11 Å². The van der Waals surface area contributed by atoms with E-state index in [0.29, 0.717) is 5.92 Å². The number of benzene rings is 2. The van der Waals surface area contributed by atoms with Gasteiger partial charge in [0.25, 0.3) is 0 Å². The van der Waals surface area contributed by atoms with Crippen molar-refractivity contribution in [2.24, 2.45) is 0 Å². The first-order chi connectivity index (χ1) is 9.06. The van der Waals surface area contributed by atoms with Crippen LogP contribution in [0.15, 0.2) is 48.5 Å². The van der Waals surface area contributed by atoms with Crippen molar-refractivity contribution in [1.29, 1.82) is 0 Å². The number of hydrogen-bond acceptors (Lipinski definition) is 2. The summed E-state index contributed by atoms with van der Waals surface area (Å²) in [4.78, 5) is 0. The average molecular weight is 255 g/mol. The van der Waals surface area contributed by atoms with Gasteiger partial charge in [0.2, 0.25) is 0 Å². The van der Waals surface area contributed by atoms with Crippen LogP contribution in [-0.2, 0) is 0 Å². The van der Waals surface area contributed by atoms with E-state index in [9.17, 15) is 5.11 Å². The van der Waals surface area contributed by atoms with Crippen LogP contribution in [0.25, 0.3) is 0 Å². The minimum atomic E-state index is 0.211. The monoisotopic (exact) mass is 255 g/mol. The van der Waals surface area contributed by atoms with Crippen LogP contribution in [0.2, 0.25) is 0 Å². The first-order valence-corrected chi connectivity index (χ1v) is 6.71. The number of rotatable bonds is 4. The molecule has 1 unspecified atom stereocenters. The predicted molar refractivity (Wildman–Crippen MR) is 80.7 cm³/mol. The lowest BCUT2D eigenvalue weighted by Crippen LogP contribution is -2.06. The third-order valence-electron chi connectivity index (χ3n) is 3.33. The van der Waals surface area contributed by atoms with Gasteiger partial charge >= 0.3 is 0 Å². The first-order valence-electron chi connectivity index (χ1n) is 6.71. The van der Waals surface area contributed by atoms with Crippen LogP contribution < -0.4 is 5.32 Å². The molecule has 0 amide bonds. The van der Waals surface area contributed by atoms with Gasteiger partial charge in [-0.25, -0.2) is 0 Å². The fourth-order valence-electron chi connectivity index (χ4n) is 2.10. The third kappa shape index (κ3) is 3.50. The van der Waals surface area contributed by atoms with Crippen LogP contribution in [0.1, 0.15) is 43.9 Å². The summed E-state index contributed by atoms with van der Waals surface area (Å²) in [5.74, 6) is 0.843. The highest BCUT2D eigenvalue weighted by molar-refractivity contribution is 5.49. The Hall–Kier alpha value is -1.96. The summed E-state index contributed by atoms with van der Waals surface area (Å²) in [6, 6.07) is 16.1. The highest BCUT2D eigenvalue weighted by Gasteiger charge is 2.06. The normalized spacial score (nSPS) is 12.4. The summed E-state index contributed by atoms with van der Waals surface area (Å²) >= 11 is 0. The number of nitrogens with one attached hydrogen (secondary N) is 1. The molecule has 0 spiro atoms.